The molecule has 1 aromatic carbocycles. The zero-order valence-electron chi connectivity index (χ0n) is 9.58. The number of fused-ring (bicyclic) bond motifs is 1. The minimum atomic E-state index is 0.0518. The average Bonchev–Trinajstić information content (AvgIpc) is 2.96. The standard InChI is InChI=1S/C13H17NO2/c1-9-6-10(8-13(14)2-3-13)7-11-12(9)16-5-4-15-11/h6-7H,2-5,8,14H2,1H3. The van der Waals surface area contributed by atoms with Crippen molar-refractivity contribution in [1.82, 2.24) is 0 Å². The van der Waals surface area contributed by atoms with Crippen LogP contribution in [0.1, 0.15) is 24.0 Å². The van der Waals surface area contributed by atoms with E-state index in [-0.39, 0.29) is 5.54 Å². The van der Waals surface area contributed by atoms with Gasteiger partial charge >= 0.3 is 0 Å². The molecule has 0 bridgehead atoms. The van der Waals surface area contributed by atoms with Crippen LogP contribution in [0, 0.1) is 6.92 Å². The molecule has 0 atom stereocenters. The third-order valence-corrected chi connectivity index (χ3v) is 3.34. The summed E-state index contributed by atoms with van der Waals surface area (Å²) in [6, 6.07) is 4.24. The van der Waals surface area contributed by atoms with Crippen LogP contribution in [0.2, 0.25) is 0 Å². The Hall–Kier alpha value is -1.22. The third kappa shape index (κ3) is 1.76. The molecule has 0 saturated heterocycles. The van der Waals surface area contributed by atoms with Crippen LogP contribution in [0.15, 0.2) is 12.1 Å². The molecule has 86 valence electrons. The summed E-state index contributed by atoms with van der Waals surface area (Å²) in [5, 5.41) is 0. The van der Waals surface area contributed by atoms with Crippen LogP contribution in [0.4, 0.5) is 0 Å². The van der Waals surface area contributed by atoms with Crippen LogP contribution in [0.25, 0.3) is 0 Å². The molecule has 16 heavy (non-hydrogen) atoms. The van der Waals surface area contributed by atoms with E-state index in [9.17, 15) is 0 Å². The van der Waals surface area contributed by atoms with Crippen LogP contribution in [0.5, 0.6) is 11.5 Å². The Morgan fingerprint density at radius 1 is 1.25 bits per heavy atom. The maximum atomic E-state index is 6.13. The largest absolute Gasteiger partial charge is 0.486 e. The van der Waals surface area contributed by atoms with Crippen LogP contribution in [-0.2, 0) is 6.42 Å². The molecule has 0 amide bonds. The summed E-state index contributed by atoms with van der Waals surface area (Å²) < 4.78 is 11.2. The summed E-state index contributed by atoms with van der Waals surface area (Å²) in [6.07, 6.45) is 3.23. The quantitative estimate of drug-likeness (QED) is 0.825. The van der Waals surface area contributed by atoms with E-state index in [0.717, 1.165) is 36.3 Å². The molecular formula is C13H17NO2. The maximum absolute atomic E-state index is 6.13. The van der Waals surface area contributed by atoms with Crippen molar-refractivity contribution in [3.8, 4) is 11.5 Å². The molecule has 1 aromatic rings. The fraction of sp³-hybridized carbons (Fsp3) is 0.538. The fourth-order valence-electron chi connectivity index (χ4n) is 2.25. The predicted molar refractivity (Wildman–Crippen MR) is 62.0 cm³/mol. The first-order valence-corrected chi connectivity index (χ1v) is 5.84. The van der Waals surface area contributed by atoms with E-state index >= 15 is 0 Å². The number of hydrogen-bond acceptors (Lipinski definition) is 3. The summed E-state index contributed by atoms with van der Waals surface area (Å²) in [5.41, 5.74) is 8.60. The van der Waals surface area contributed by atoms with Crippen molar-refractivity contribution >= 4 is 0 Å². The van der Waals surface area contributed by atoms with Crippen LogP contribution >= 0.6 is 0 Å². The van der Waals surface area contributed by atoms with Gasteiger partial charge in [-0.25, -0.2) is 0 Å². The molecule has 1 aliphatic heterocycles. The summed E-state index contributed by atoms with van der Waals surface area (Å²) in [6.45, 7) is 3.35. The van der Waals surface area contributed by atoms with Crippen LogP contribution < -0.4 is 15.2 Å². The second kappa shape index (κ2) is 3.39. The zero-order valence-corrected chi connectivity index (χ0v) is 9.58. The molecule has 0 radical (unpaired) electrons. The average molecular weight is 219 g/mol. The summed E-state index contributed by atoms with van der Waals surface area (Å²) in [7, 11) is 0. The highest BCUT2D eigenvalue weighted by molar-refractivity contribution is 5.50. The Kier molecular flexibility index (Phi) is 2.11. The lowest BCUT2D eigenvalue weighted by molar-refractivity contribution is 0.170. The Morgan fingerprint density at radius 2 is 2.00 bits per heavy atom. The van der Waals surface area contributed by atoms with E-state index in [0.29, 0.717) is 13.2 Å². The molecule has 2 N–H and O–H groups in total. The molecule has 0 aromatic heterocycles. The topological polar surface area (TPSA) is 44.5 Å². The molecule has 1 aliphatic carbocycles. The van der Waals surface area contributed by atoms with Crippen LogP contribution in [0.3, 0.4) is 0 Å². The van der Waals surface area contributed by atoms with E-state index in [4.69, 9.17) is 15.2 Å². The third-order valence-electron chi connectivity index (χ3n) is 3.34. The fourth-order valence-corrected chi connectivity index (χ4v) is 2.25. The second-order valence-electron chi connectivity index (χ2n) is 4.98. The molecule has 2 aliphatic rings. The summed E-state index contributed by atoms with van der Waals surface area (Å²) in [5.74, 6) is 1.78. The first-order valence-electron chi connectivity index (χ1n) is 5.84. The van der Waals surface area contributed by atoms with Gasteiger partial charge < -0.3 is 15.2 Å². The van der Waals surface area contributed by atoms with Gasteiger partial charge in [0.15, 0.2) is 11.5 Å². The van der Waals surface area contributed by atoms with Gasteiger partial charge in [-0.15, -0.1) is 0 Å². The zero-order chi connectivity index (χ0) is 11.2. The molecular weight excluding hydrogens is 202 g/mol. The van der Waals surface area contributed by atoms with Crippen molar-refractivity contribution in [1.29, 1.82) is 0 Å². The van der Waals surface area contributed by atoms with Gasteiger partial charge in [0.05, 0.1) is 0 Å². The number of nitrogens with two attached hydrogens (primary N) is 1. The highest BCUT2D eigenvalue weighted by Gasteiger charge is 2.38. The molecule has 0 spiro atoms. The predicted octanol–water partition coefficient (Wildman–Crippen LogP) is 1.80. The molecule has 3 heteroatoms. The van der Waals surface area contributed by atoms with Gasteiger partial charge in [0.25, 0.3) is 0 Å². The van der Waals surface area contributed by atoms with Crippen molar-refractivity contribution in [3.63, 3.8) is 0 Å². The van der Waals surface area contributed by atoms with Gasteiger partial charge in [-0.3, -0.25) is 0 Å². The SMILES string of the molecule is Cc1cc(CC2(N)CC2)cc2c1OCCO2. The molecule has 1 fully saturated rings. The number of aryl methyl sites for hydroxylation is 1. The first kappa shape index (κ1) is 9.97. The van der Waals surface area contributed by atoms with Crippen molar-refractivity contribution in [3.05, 3.63) is 23.3 Å². The highest BCUT2D eigenvalue weighted by atomic mass is 16.6. The van der Waals surface area contributed by atoms with Crippen molar-refractivity contribution in [2.75, 3.05) is 13.2 Å². The number of rotatable bonds is 2. The lowest BCUT2D eigenvalue weighted by atomic mass is 10.0. The number of hydrogen-bond donors (Lipinski definition) is 1. The maximum Gasteiger partial charge on any atom is 0.164 e. The van der Waals surface area contributed by atoms with Crippen molar-refractivity contribution in [2.24, 2.45) is 5.73 Å². The lowest BCUT2D eigenvalue weighted by Crippen LogP contribution is -2.24. The normalized spacial score (nSPS) is 20.6. The molecule has 1 saturated carbocycles. The van der Waals surface area contributed by atoms with Crippen LogP contribution in [-0.4, -0.2) is 18.8 Å². The molecule has 0 unspecified atom stereocenters. The molecule has 1 heterocycles. The second-order valence-corrected chi connectivity index (χ2v) is 4.98. The lowest BCUT2D eigenvalue weighted by Gasteiger charge is -2.21. The van der Waals surface area contributed by atoms with Gasteiger partial charge in [-0.05, 0) is 43.4 Å². The number of ether oxygens (including phenoxy) is 2. The van der Waals surface area contributed by atoms with Gasteiger partial charge in [0.2, 0.25) is 0 Å². The Labute approximate surface area is 95.5 Å². The van der Waals surface area contributed by atoms with Gasteiger partial charge in [-0.2, -0.15) is 0 Å². The number of benzene rings is 1. The minimum absolute atomic E-state index is 0.0518. The van der Waals surface area contributed by atoms with E-state index in [2.05, 4.69) is 19.1 Å². The van der Waals surface area contributed by atoms with Gasteiger partial charge in [0, 0.05) is 5.54 Å². The van der Waals surface area contributed by atoms with Gasteiger partial charge in [-0.1, -0.05) is 6.07 Å². The summed E-state index contributed by atoms with van der Waals surface area (Å²) in [4.78, 5) is 0. The Balaban J connectivity index is 1.92. The molecule has 3 rings (SSSR count). The monoisotopic (exact) mass is 219 g/mol. The van der Waals surface area contributed by atoms with E-state index < -0.39 is 0 Å². The van der Waals surface area contributed by atoms with Crippen molar-refractivity contribution in [2.45, 2.75) is 31.7 Å². The van der Waals surface area contributed by atoms with Crippen molar-refractivity contribution < 1.29 is 9.47 Å². The molecule has 3 nitrogen and oxygen atoms in total. The Bertz CT molecular complexity index is 424. The summed E-state index contributed by atoms with van der Waals surface area (Å²) >= 11 is 0. The first-order chi connectivity index (χ1) is 7.66. The van der Waals surface area contributed by atoms with Gasteiger partial charge in [0.1, 0.15) is 13.2 Å². The van der Waals surface area contributed by atoms with E-state index in [1.54, 1.807) is 0 Å². The highest BCUT2D eigenvalue weighted by Crippen LogP contribution is 2.39. The minimum Gasteiger partial charge on any atom is -0.486 e. The van der Waals surface area contributed by atoms with E-state index in [1.165, 1.54) is 5.56 Å². The smallest absolute Gasteiger partial charge is 0.164 e. The van der Waals surface area contributed by atoms with E-state index in [1.807, 2.05) is 0 Å². The Morgan fingerprint density at radius 3 is 2.75 bits per heavy atom.